The molecule has 5 heteroatoms. The summed E-state index contributed by atoms with van der Waals surface area (Å²) in [5, 5.41) is 12.9. The first-order valence-corrected chi connectivity index (χ1v) is 7.14. The van der Waals surface area contributed by atoms with E-state index in [4.69, 9.17) is 10.00 Å². The van der Waals surface area contributed by atoms with Crippen molar-refractivity contribution in [3.8, 4) is 6.07 Å². The maximum absolute atomic E-state index is 12.0. The Labute approximate surface area is 123 Å². The highest BCUT2D eigenvalue weighted by Crippen LogP contribution is 2.20. The summed E-state index contributed by atoms with van der Waals surface area (Å²) in [5.74, 6) is -0.0595. The molecule has 0 saturated carbocycles. The molecular weight excluding hydrogens is 266 g/mol. The summed E-state index contributed by atoms with van der Waals surface area (Å²) in [6, 6.07) is 9.79. The molecule has 1 N–H and O–H groups in total. The Morgan fingerprint density at radius 2 is 2.33 bits per heavy atom. The molecule has 0 spiro atoms. The van der Waals surface area contributed by atoms with E-state index in [9.17, 15) is 4.79 Å². The van der Waals surface area contributed by atoms with Gasteiger partial charge in [-0.25, -0.2) is 0 Å². The quantitative estimate of drug-likeness (QED) is 0.930. The average Bonchev–Trinajstić information content (AvgIpc) is 3.13. The van der Waals surface area contributed by atoms with Crippen molar-refractivity contribution in [3.05, 3.63) is 36.0 Å². The third kappa shape index (κ3) is 2.91. The summed E-state index contributed by atoms with van der Waals surface area (Å²) in [7, 11) is 0. The number of para-hydroxylation sites is 1. The van der Waals surface area contributed by atoms with Gasteiger partial charge < -0.3 is 14.6 Å². The normalized spacial score (nSPS) is 17.8. The molecule has 3 rings (SSSR count). The summed E-state index contributed by atoms with van der Waals surface area (Å²) in [6.07, 6.45) is 3.95. The highest BCUT2D eigenvalue weighted by atomic mass is 16.5. The van der Waals surface area contributed by atoms with Crippen LogP contribution < -0.4 is 5.32 Å². The minimum Gasteiger partial charge on any atom is -0.376 e. The Bertz CT molecular complexity index is 693. The highest BCUT2D eigenvalue weighted by Gasteiger charge is 2.16. The van der Waals surface area contributed by atoms with Gasteiger partial charge in [-0.1, -0.05) is 18.2 Å². The molecular formula is C16H17N3O2. The second-order valence-corrected chi connectivity index (χ2v) is 5.24. The molecule has 2 aromatic rings. The van der Waals surface area contributed by atoms with Crippen LogP contribution in [0.25, 0.3) is 10.9 Å². The molecule has 1 aromatic heterocycles. The second-order valence-electron chi connectivity index (χ2n) is 5.24. The molecule has 5 nitrogen and oxygen atoms in total. The van der Waals surface area contributed by atoms with Crippen LogP contribution in [0.3, 0.4) is 0 Å². The molecule has 0 bridgehead atoms. The van der Waals surface area contributed by atoms with Gasteiger partial charge in [-0.2, -0.15) is 5.26 Å². The Kier molecular flexibility index (Phi) is 3.89. The van der Waals surface area contributed by atoms with E-state index in [1.165, 1.54) is 0 Å². The SMILES string of the molecule is N#Cc1cn(CC(=O)NC[C@H]2CCCO2)c2ccccc12. The van der Waals surface area contributed by atoms with Crippen molar-refractivity contribution in [3.63, 3.8) is 0 Å². The molecule has 1 aliphatic rings. The molecule has 1 aromatic carbocycles. The smallest absolute Gasteiger partial charge is 0.240 e. The molecule has 21 heavy (non-hydrogen) atoms. The molecule has 0 radical (unpaired) electrons. The summed E-state index contributed by atoms with van der Waals surface area (Å²) in [6.45, 7) is 1.56. The van der Waals surface area contributed by atoms with E-state index in [2.05, 4.69) is 11.4 Å². The zero-order valence-electron chi connectivity index (χ0n) is 11.7. The lowest BCUT2D eigenvalue weighted by molar-refractivity contribution is -0.122. The fraction of sp³-hybridized carbons (Fsp3) is 0.375. The molecule has 1 atom stereocenters. The van der Waals surface area contributed by atoms with Crippen molar-refractivity contribution in [1.29, 1.82) is 5.26 Å². The van der Waals surface area contributed by atoms with Gasteiger partial charge in [0.25, 0.3) is 0 Å². The molecule has 1 fully saturated rings. The third-order valence-electron chi connectivity index (χ3n) is 3.77. The van der Waals surface area contributed by atoms with Crippen molar-refractivity contribution >= 4 is 16.8 Å². The van der Waals surface area contributed by atoms with Gasteiger partial charge in [0.15, 0.2) is 0 Å². The van der Waals surface area contributed by atoms with Gasteiger partial charge in [-0.15, -0.1) is 0 Å². The van der Waals surface area contributed by atoms with E-state index in [1.54, 1.807) is 6.20 Å². The number of aromatic nitrogens is 1. The zero-order valence-corrected chi connectivity index (χ0v) is 11.7. The first kappa shape index (κ1) is 13.7. The number of nitrogens with one attached hydrogen (secondary N) is 1. The number of benzene rings is 1. The summed E-state index contributed by atoms with van der Waals surface area (Å²) in [4.78, 5) is 12.0. The molecule has 0 aliphatic carbocycles. The van der Waals surface area contributed by atoms with Gasteiger partial charge in [-0.05, 0) is 18.9 Å². The number of rotatable bonds is 4. The van der Waals surface area contributed by atoms with Gasteiger partial charge in [0.05, 0.1) is 11.7 Å². The molecule has 108 valence electrons. The average molecular weight is 283 g/mol. The topological polar surface area (TPSA) is 67.0 Å². The fourth-order valence-electron chi connectivity index (χ4n) is 2.71. The Hall–Kier alpha value is -2.32. The van der Waals surface area contributed by atoms with E-state index in [-0.39, 0.29) is 18.6 Å². The number of hydrogen-bond donors (Lipinski definition) is 1. The molecule has 1 saturated heterocycles. The number of nitriles is 1. The van der Waals surface area contributed by atoms with Crippen LogP contribution >= 0.6 is 0 Å². The maximum Gasteiger partial charge on any atom is 0.240 e. The summed E-state index contributed by atoms with van der Waals surface area (Å²) in [5.41, 5.74) is 1.50. The van der Waals surface area contributed by atoms with Crippen LogP contribution in [0, 0.1) is 11.3 Å². The van der Waals surface area contributed by atoms with Crippen LogP contribution in [0.2, 0.25) is 0 Å². The fourth-order valence-corrected chi connectivity index (χ4v) is 2.71. The predicted octanol–water partition coefficient (Wildman–Crippen LogP) is 1.81. The summed E-state index contributed by atoms with van der Waals surface area (Å²) >= 11 is 0. The van der Waals surface area contributed by atoms with Crippen LogP contribution in [0.4, 0.5) is 0 Å². The number of fused-ring (bicyclic) bond motifs is 1. The highest BCUT2D eigenvalue weighted by molar-refractivity contribution is 5.88. The van der Waals surface area contributed by atoms with Crippen LogP contribution in [-0.2, 0) is 16.1 Å². The Balaban J connectivity index is 1.69. The monoisotopic (exact) mass is 283 g/mol. The minimum absolute atomic E-state index is 0.0595. The van der Waals surface area contributed by atoms with Crippen LogP contribution in [0.15, 0.2) is 30.5 Å². The van der Waals surface area contributed by atoms with Crippen LogP contribution in [0.1, 0.15) is 18.4 Å². The van der Waals surface area contributed by atoms with Crippen molar-refractivity contribution in [2.45, 2.75) is 25.5 Å². The van der Waals surface area contributed by atoms with Crippen LogP contribution in [0.5, 0.6) is 0 Å². The van der Waals surface area contributed by atoms with E-state index in [1.807, 2.05) is 28.8 Å². The number of ether oxygens (including phenoxy) is 1. The van der Waals surface area contributed by atoms with Gasteiger partial charge in [-0.3, -0.25) is 4.79 Å². The van der Waals surface area contributed by atoms with Crippen molar-refractivity contribution in [2.24, 2.45) is 0 Å². The van der Waals surface area contributed by atoms with Gasteiger partial charge >= 0.3 is 0 Å². The lowest BCUT2D eigenvalue weighted by Crippen LogP contribution is -2.34. The Morgan fingerprint density at radius 3 is 3.10 bits per heavy atom. The van der Waals surface area contributed by atoms with Crippen LogP contribution in [-0.4, -0.2) is 29.7 Å². The maximum atomic E-state index is 12.0. The second kappa shape index (κ2) is 5.98. The number of amides is 1. The molecule has 1 aliphatic heterocycles. The lowest BCUT2D eigenvalue weighted by atomic mass is 10.2. The summed E-state index contributed by atoms with van der Waals surface area (Å²) < 4.78 is 7.30. The van der Waals surface area contributed by atoms with Crippen molar-refractivity contribution < 1.29 is 9.53 Å². The first-order chi connectivity index (χ1) is 10.3. The number of carbonyl (C=O) groups excluding carboxylic acids is 1. The number of carbonyl (C=O) groups is 1. The van der Waals surface area contributed by atoms with Gasteiger partial charge in [0, 0.05) is 30.3 Å². The van der Waals surface area contributed by atoms with E-state index < -0.39 is 0 Å². The van der Waals surface area contributed by atoms with E-state index in [0.717, 1.165) is 30.4 Å². The number of hydrogen-bond acceptors (Lipinski definition) is 3. The largest absolute Gasteiger partial charge is 0.376 e. The van der Waals surface area contributed by atoms with E-state index in [0.29, 0.717) is 12.1 Å². The lowest BCUT2D eigenvalue weighted by Gasteiger charge is -2.11. The predicted molar refractivity (Wildman–Crippen MR) is 78.6 cm³/mol. The minimum atomic E-state index is -0.0595. The van der Waals surface area contributed by atoms with E-state index >= 15 is 0 Å². The van der Waals surface area contributed by atoms with Gasteiger partial charge in [0.2, 0.25) is 5.91 Å². The molecule has 0 unspecified atom stereocenters. The number of nitrogens with zero attached hydrogens (tertiary/aromatic N) is 2. The molecule has 1 amide bonds. The van der Waals surface area contributed by atoms with Gasteiger partial charge in [0.1, 0.15) is 12.6 Å². The Morgan fingerprint density at radius 1 is 1.48 bits per heavy atom. The van der Waals surface area contributed by atoms with Crippen molar-refractivity contribution in [2.75, 3.05) is 13.2 Å². The standard InChI is InChI=1S/C16H17N3O2/c17-8-12-10-19(15-6-2-1-5-14(12)15)11-16(20)18-9-13-4-3-7-21-13/h1-2,5-6,10,13H,3-4,7,9,11H2,(H,18,20)/t13-/m1/s1. The van der Waals surface area contributed by atoms with Crippen molar-refractivity contribution in [1.82, 2.24) is 9.88 Å². The first-order valence-electron chi connectivity index (χ1n) is 7.14. The molecule has 2 heterocycles. The zero-order chi connectivity index (χ0) is 14.7. The third-order valence-corrected chi connectivity index (χ3v) is 3.77.